The van der Waals surface area contributed by atoms with Gasteiger partial charge in [0.15, 0.2) is 0 Å². The maximum atomic E-state index is 10.6. The van der Waals surface area contributed by atoms with Gasteiger partial charge in [0.1, 0.15) is 0 Å². The molecule has 0 unspecified atom stereocenters. The first-order valence-corrected chi connectivity index (χ1v) is 6.04. The van der Waals surface area contributed by atoms with Gasteiger partial charge in [-0.05, 0) is 30.2 Å². The highest BCUT2D eigenvalue weighted by molar-refractivity contribution is 7.19. The van der Waals surface area contributed by atoms with Crippen molar-refractivity contribution in [1.29, 1.82) is 0 Å². The number of thiophene rings is 1. The average Bonchev–Trinajstić information content (AvgIpc) is 2.84. The van der Waals surface area contributed by atoms with Gasteiger partial charge in [-0.25, -0.2) is 0 Å². The summed E-state index contributed by atoms with van der Waals surface area (Å²) in [5.41, 5.74) is 0. The second kappa shape index (κ2) is 4.80. The van der Waals surface area contributed by atoms with Gasteiger partial charge in [0.2, 0.25) is 0 Å². The smallest absolute Gasteiger partial charge is 0.326 e. The third-order valence-corrected chi connectivity index (χ3v) is 3.85. The molecular formula is C10H14N2O3S. The zero-order valence-corrected chi connectivity index (χ0v) is 9.90. The molecule has 1 aliphatic rings. The van der Waals surface area contributed by atoms with Gasteiger partial charge < -0.3 is 9.64 Å². The molecule has 0 saturated carbocycles. The van der Waals surface area contributed by atoms with E-state index in [2.05, 4.69) is 4.90 Å². The Morgan fingerprint density at radius 3 is 3.12 bits per heavy atom. The Labute approximate surface area is 97.8 Å². The predicted octanol–water partition coefficient (Wildman–Crippen LogP) is 2.27. The fraction of sp³-hybridized carbons (Fsp3) is 0.600. The summed E-state index contributed by atoms with van der Waals surface area (Å²) in [6.07, 6.45) is 2.22. The van der Waals surface area contributed by atoms with Gasteiger partial charge in [-0.1, -0.05) is 0 Å². The molecule has 0 aromatic carbocycles. The Bertz CT molecular complexity index is 380. The normalized spacial score (nSPS) is 20.3. The Morgan fingerprint density at radius 1 is 1.69 bits per heavy atom. The minimum absolute atomic E-state index is 0.207. The lowest BCUT2D eigenvalue weighted by molar-refractivity contribution is -0.380. The Balaban J connectivity index is 2.13. The largest absolute Gasteiger partial charge is 0.383 e. The van der Waals surface area contributed by atoms with Crippen LogP contribution in [0, 0.1) is 10.1 Å². The number of nitrogens with zero attached hydrogens (tertiary/aromatic N) is 2. The molecule has 2 rings (SSSR count). The first-order valence-electron chi connectivity index (χ1n) is 5.22. The summed E-state index contributed by atoms with van der Waals surface area (Å²) in [6.45, 7) is 1.65. The van der Waals surface area contributed by atoms with Crippen molar-refractivity contribution >= 4 is 21.3 Å². The second-order valence-electron chi connectivity index (χ2n) is 3.81. The predicted molar refractivity (Wildman–Crippen MR) is 63.2 cm³/mol. The molecule has 1 atom stereocenters. The molecule has 1 fully saturated rings. The van der Waals surface area contributed by atoms with Gasteiger partial charge >= 0.3 is 5.00 Å². The standard InChI is InChI=1S/C10H14N2O3S/c1-15-7-8-3-2-6-11(8)9-4-5-10(16-9)12(13)14/h4-5,8H,2-3,6-7H2,1H3/t8-/m1/s1. The maximum absolute atomic E-state index is 10.6. The van der Waals surface area contributed by atoms with Crippen molar-refractivity contribution < 1.29 is 9.66 Å². The lowest BCUT2D eigenvalue weighted by atomic mass is 10.2. The van der Waals surface area contributed by atoms with Crippen LogP contribution in [-0.2, 0) is 4.74 Å². The molecule has 1 aliphatic heterocycles. The first-order chi connectivity index (χ1) is 7.72. The first kappa shape index (κ1) is 11.3. The summed E-state index contributed by atoms with van der Waals surface area (Å²) < 4.78 is 5.16. The quantitative estimate of drug-likeness (QED) is 0.600. The van der Waals surface area contributed by atoms with Crippen LogP contribution in [0.2, 0.25) is 0 Å². The monoisotopic (exact) mass is 242 g/mol. The van der Waals surface area contributed by atoms with E-state index < -0.39 is 0 Å². The van der Waals surface area contributed by atoms with Crippen LogP contribution in [0.5, 0.6) is 0 Å². The number of anilines is 1. The van der Waals surface area contributed by atoms with Gasteiger partial charge in [-0.2, -0.15) is 0 Å². The van der Waals surface area contributed by atoms with E-state index in [1.165, 1.54) is 11.3 Å². The number of methoxy groups -OCH3 is 1. The Hall–Kier alpha value is -1.14. The second-order valence-corrected chi connectivity index (χ2v) is 4.85. The fourth-order valence-corrected chi connectivity index (χ4v) is 2.98. The zero-order valence-electron chi connectivity index (χ0n) is 9.09. The van der Waals surface area contributed by atoms with E-state index in [-0.39, 0.29) is 9.92 Å². The van der Waals surface area contributed by atoms with E-state index in [9.17, 15) is 10.1 Å². The molecule has 6 heteroatoms. The highest BCUT2D eigenvalue weighted by atomic mass is 32.1. The molecule has 1 saturated heterocycles. The van der Waals surface area contributed by atoms with E-state index in [0.29, 0.717) is 12.6 Å². The summed E-state index contributed by atoms with van der Waals surface area (Å²) in [6, 6.07) is 3.77. The third-order valence-electron chi connectivity index (χ3n) is 2.78. The fourth-order valence-electron chi connectivity index (χ4n) is 2.06. The van der Waals surface area contributed by atoms with Gasteiger partial charge in [-0.15, -0.1) is 0 Å². The summed E-state index contributed by atoms with van der Waals surface area (Å²) in [5.74, 6) is 0. The number of hydrogen-bond acceptors (Lipinski definition) is 5. The van der Waals surface area contributed by atoms with Crippen LogP contribution in [0.15, 0.2) is 12.1 Å². The molecule has 0 spiro atoms. The summed E-state index contributed by atoms with van der Waals surface area (Å²) in [7, 11) is 1.69. The summed E-state index contributed by atoms with van der Waals surface area (Å²) >= 11 is 1.24. The SMILES string of the molecule is COC[C@H]1CCCN1c1ccc([N+](=O)[O-])s1. The minimum atomic E-state index is -0.338. The van der Waals surface area contributed by atoms with Crippen molar-refractivity contribution in [3.63, 3.8) is 0 Å². The maximum Gasteiger partial charge on any atom is 0.326 e. The molecule has 2 heterocycles. The summed E-state index contributed by atoms with van der Waals surface area (Å²) in [4.78, 5) is 12.5. The van der Waals surface area contributed by atoms with E-state index in [4.69, 9.17) is 4.74 Å². The molecule has 88 valence electrons. The molecule has 1 aromatic heterocycles. The average molecular weight is 242 g/mol. The van der Waals surface area contributed by atoms with Crippen molar-refractivity contribution in [2.75, 3.05) is 25.2 Å². The highest BCUT2D eigenvalue weighted by Crippen LogP contribution is 2.35. The van der Waals surface area contributed by atoms with Gasteiger partial charge in [0, 0.05) is 19.7 Å². The highest BCUT2D eigenvalue weighted by Gasteiger charge is 2.26. The van der Waals surface area contributed by atoms with E-state index in [1.54, 1.807) is 13.2 Å². The zero-order chi connectivity index (χ0) is 11.5. The molecule has 0 amide bonds. The van der Waals surface area contributed by atoms with Gasteiger partial charge in [0.05, 0.1) is 22.6 Å². The van der Waals surface area contributed by atoms with Gasteiger partial charge in [-0.3, -0.25) is 10.1 Å². The van der Waals surface area contributed by atoms with E-state index >= 15 is 0 Å². The van der Waals surface area contributed by atoms with Crippen LogP contribution in [-0.4, -0.2) is 31.2 Å². The van der Waals surface area contributed by atoms with Crippen LogP contribution in [0.1, 0.15) is 12.8 Å². The molecule has 0 bridgehead atoms. The van der Waals surface area contributed by atoms with Crippen molar-refractivity contribution in [2.45, 2.75) is 18.9 Å². The minimum Gasteiger partial charge on any atom is -0.383 e. The molecule has 0 radical (unpaired) electrons. The Kier molecular flexibility index (Phi) is 3.40. The molecule has 1 aromatic rings. The van der Waals surface area contributed by atoms with Gasteiger partial charge in [0.25, 0.3) is 0 Å². The number of hydrogen-bond donors (Lipinski definition) is 0. The van der Waals surface area contributed by atoms with Crippen LogP contribution < -0.4 is 4.90 Å². The van der Waals surface area contributed by atoms with Crippen molar-refractivity contribution in [1.82, 2.24) is 0 Å². The van der Waals surface area contributed by atoms with E-state index in [1.807, 2.05) is 6.07 Å². The van der Waals surface area contributed by atoms with Crippen LogP contribution in [0.4, 0.5) is 10.0 Å². The number of nitro groups is 1. The third kappa shape index (κ3) is 2.17. The lowest BCUT2D eigenvalue weighted by Gasteiger charge is -2.23. The van der Waals surface area contributed by atoms with Crippen molar-refractivity contribution in [3.05, 3.63) is 22.2 Å². The summed E-state index contributed by atoms with van der Waals surface area (Å²) in [5, 5.41) is 11.8. The van der Waals surface area contributed by atoms with Crippen molar-refractivity contribution in [2.24, 2.45) is 0 Å². The van der Waals surface area contributed by atoms with Crippen molar-refractivity contribution in [3.8, 4) is 0 Å². The molecule has 5 nitrogen and oxygen atoms in total. The van der Waals surface area contributed by atoms with Crippen LogP contribution in [0.3, 0.4) is 0 Å². The molecule has 0 aliphatic carbocycles. The van der Waals surface area contributed by atoms with Crippen LogP contribution >= 0.6 is 11.3 Å². The Morgan fingerprint density at radius 2 is 2.50 bits per heavy atom. The van der Waals surface area contributed by atoms with Crippen LogP contribution in [0.25, 0.3) is 0 Å². The molecule has 0 N–H and O–H groups in total. The number of rotatable bonds is 4. The molecular weight excluding hydrogens is 228 g/mol. The number of ether oxygens (including phenoxy) is 1. The molecule has 16 heavy (non-hydrogen) atoms. The lowest BCUT2D eigenvalue weighted by Crippen LogP contribution is -2.31. The van der Waals surface area contributed by atoms with E-state index in [0.717, 1.165) is 24.4 Å². The topological polar surface area (TPSA) is 55.6 Å².